The van der Waals surface area contributed by atoms with Crippen molar-refractivity contribution < 1.29 is 14.3 Å². The minimum atomic E-state index is -0.376. The molecule has 0 aromatic rings. The molecule has 0 aliphatic heterocycles. The summed E-state index contributed by atoms with van der Waals surface area (Å²) in [5.41, 5.74) is 0.156. The lowest BCUT2D eigenvalue weighted by molar-refractivity contribution is -0.139. The maximum absolute atomic E-state index is 11.1. The average molecular weight is 200 g/mol. The van der Waals surface area contributed by atoms with Crippen molar-refractivity contribution in [2.75, 3.05) is 13.2 Å². The molecule has 0 atom stereocenters. The van der Waals surface area contributed by atoms with Gasteiger partial charge in [0.25, 0.3) is 0 Å². The Morgan fingerprint density at radius 3 is 2.36 bits per heavy atom. The van der Waals surface area contributed by atoms with Crippen LogP contribution in [0.25, 0.3) is 0 Å². The zero-order valence-electron chi connectivity index (χ0n) is 9.55. The molecule has 0 saturated carbocycles. The highest BCUT2D eigenvalue weighted by molar-refractivity contribution is 5.87. The van der Waals surface area contributed by atoms with Crippen LogP contribution in [0.3, 0.4) is 0 Å². The second kappa shape index (κ2) is 5.81. The normalized spacial score (nSPS) is 11.1. The van der Waals surface area contributed by atoms with Crippen LogP contribution >= 0.6 is 0 Å². The predicted molar refractivity (Wildman–Crippen MR) is 56.1 cm³/mol. The largest absolute Gasteiger partial charge is 0.463 e. The van der Waals surface area contributed by atoms with E-state index in [4.69, 9.17) is 9.47 Å². The Bertz CT molecular complexity index is 207. The van der Waals surface area contributed by atoms with E-state index in [0.717, 1.165) is 6.42 Å². The molecule has 0 N–H and O–H groups in total. The fourth-order valence-electron chi connectivity index (χ4n) is 0.677. The first kappa shape index (κ1) is 13.2. The van der Waals surface area contributed by atoms with Gasteiger partial charge in [-0.2, -0.15) is 0 Å². The van der Waals surface area contributed by atoms with Gasteiger partial charge in [-0.05, 0) is 27.2 Å². The van der Waals surface area contributed by atoms with Crippen LogP contribution in [0.4, 0.5) is 0 Å². The van der Waals surface area contributed by atoms with E-state index in [1.54, 1.807) is 6.92 Å². The maximum atomic E-state index is 11.1. The number of esters is 1. The lowest BCUT2D eigenvalue weighted by Gasteiger charge is -2.23. The van der Waals surface area contributed by atoms with E-state index >= 15 is 0 Å². The van der Waals surface area contributed by atoms with Crippen molar-refractivity contribution in [3.05, 3.63) is 12.2 Å². The van der Waals surface area contributed by atoms with Gasteiger partial charge in [-0.15, -0.1) is 0 Å². The van der Waals surface area contributed by atoms with Gasteiger partial charge in [-0.1, -0.05) is 13.5 Å². The lowest BCUT2D eigenvalue weighted by Crippen LogP contribution is -2.25. The van der Waals surface area contributed by atoms with Gasteiger partial charge in [0.1, 0.15) is 0 Å². The Hall–Kier alpha value is -0.830. The molecule has 0 rings (SSSR count). The molecule has 14 heavy (non-hydrogen) atoms. The monoisotopic (exact) mass is 200 g/mol. The molecule has 0 amide bonds. The molecule has 0 unspecified atom stereocenters. The number of ether oxygens (including phenoxy) is 2. The van der Waals surface area contributed by atoms with Gasteiger partial charge in [-0.3, -0.25) is 0 Å². The molecule has 0 aromatic heterocycles. The second-order valence-electron chi connectivity index (χ2n) is 3.73. The van der Waals surface area contributed by atoms with E-state index in [-0.39, 0.29) is 18.2 Å². The van der Waals surface area contributed by atoms with Crippen LogP contribution in [0.5, 0.6) is 0 Å². The summed E-state index contributed by atoms with van der Waals surface area (Å²) in [5, 5.41) is 0. The Morgan fingerprint density at radius 2 is 1.93 bits per heavy atom. The summed E-state index contributed by atoms with van der Waals surface area (Å²) < 4.78 is 10.3. The van der Waals surface area contributed by atoms with E-state index < -0.39 is 0 Å². The molecule has 0 spiro atoms. The van der Waals surface area contributed by atoms with Crippen LogP contribution in [-0.2, 0) is 14.3 Å². The number of hydrogen-bond acceptors (Lipinski definition) is 3. The van der Waals surface area contributed by atoms with E-state index in [1.165, 1.54) is 0 Å². The molecule has 82 valence electrons. The highest BCUT2D eigenvalue weighted by atomic mass is 16.5. The second-order valence-corrected chi connectivity index (χ2v) is 3.73. The van der Waals surface area contributed by atoms with Crippen LogP contribution in [0, 0.1) is 0 Å². The summed E-state index contributed by atoms with van der Waals surface area (Å²) in [6, 6.07) is 0. The van der Waals surface area contributed by atoms with Gasteiger partial charge in [0, 0.05) is 0 Å². The summed E-state index contributed by atoms with van der Waals surface area (Å²) in [5.74, 6) is -0.376. The van der Waals surface area contributed by atoms with Crippen molar-refractivity contribution in [3.8, 4) is 0 Å². The third kappa shape index (κ3) is 5.02. The van der Waals surface area contributed by atoms with Gasteiger partial charge >= 0.3 is 5.97 Å². The number of hydrogen-bond donors (Lipinski definition) is 0. The molecule has 0 saturated heterocycles. The van der Waals surface area contributed by atoms with Crippen molar-refractivity contribution in [3.63, 3.8) is 0 Å². The number of rotatable bonds is 6. The molecule has 0 radical (unpaired) electrons. The molecular weight excluding hydrogens is 180 g/mol. The van der Waals surface area contributed by atoms with E-state index in [2.05, 4.69) is 6.58 Å². The van der Waals surface area contributed by atoms with Crippen molar-refractivity contribution >= 4 is 5.97 Å². The van der Waals surface area contributed by atoms with Crippen LogP contribution < -0.4 is 0 Å². The van der Waals surface area contributed by atoms with E-state index in [9.17, 15) is 4.79 Å². The molecule has 0 aliphatic carbocycles. The molecule has 3 nitrogen and oxygen atoms in total. The third-order valence-electron chi connectivity index (χ3n) is 2.05. The van der Waals surface area contributed by atoms with E-state index in [1.807, 2.05) is 20.8 Å². The first-order chi connectivity index (χ1) is 6.43. The molecule has 3 heteroatoms. The molecule has 0 bridgehead atoms. The zero-order valence-corrected chi connectivity index (χ0v) is 9.55. The Balaban J connectivity index is 3.91. The minimum Gasteiger partial charge on any atom is -0.463 e. The maximum Gasteiger partial charge on any atom is 0.335 e. The predicted octanol–water partition coefficient (Wildman–Crippen LogP) is 2.31. The SMILES string of the molecule is C=C(COC(C)(C)CC)C(=O)OCC. The topological polar surface area (TPSA) is 35.5 Å². The van der Waals surface area contributed by atoms with Gasteiger partial charge in [0.2, 0.25) is 0 Å². The van der Waals surface area contributed by atoms with Crippen LogP contribution in [-0.4, -0.2) is 24.8 Å². The van der Waals surface area contributed by atoms with Gasteiger partial charge in [0.05, 0.1) is 24.4 Å². The molecule has 0 aromatic carbocycles. The van der Waals surface area contributed by atoms with Gasteiger partial charge in [-0.25, -0.2) is 4.79 Å². The average Bonchev–Trinajstić information content (AvgIpc) is 2.15. The molecule has 0 aliphatic rings. The lowest BCUT2D eigenvalue weighted by atomic mass is 10.1. The summed E-state index contributed by atoms with van der Waals surface area (Å²) in [6.07, 6.45) is 0.892. The van der Waals surface area contributed by atoms with Crippen LogP contribution in [0.15, 0.2) is 12.2 Å². The van der Waals surface area contributed by atoms with Crippen molar-refractivity contribution in [1.29, 1.82) is 0 Å². The molecular formula is C11H20O3. The summed E-state index contributed by atoms with van der Waals surface area (Å²) in [7, 11) is 0. The fourth-order valence-corrected chi connectivity index (χ4v) is 0.677. The third-order valence-corrected chi connectivity index (χ3v) is 2.05. The first-order valence-electron chi connectivity index (χ1n) is 4.91. The zero-order chi connectivity index (χ0) is 11.2. The summed E-state index contributed by atoms with van der Waals surface area (Å²) >= 11 is 0. The standard InChI is InChI=1S/C11H20O3/c1-6-11(4,5)14-8-9(3)10(12)13-7-2/h3,6-8H2,1-2,4-5H3. The quantitative estimate of drug-likeness (QED) is 0.487. The molecule has 0 fully saturated rings. The van der Waals surface area contributed by atoms with Gasteiger partial charge in [0.15, 0.2) is 0 Å². The highest BCUT2D eigenvalue weighted by Crippen LogP contribution is 2.14. The van der Waals surface area contributed by atoms with Crippen molar-refractivity contribution in [2.45, 2.75) is 39.7 Å². The highest BCUT2D eigenvalue weighted by Gasteiger charge is 2.17. The van der Waals surface area contributed by atoms with Gasteiger partial charge < -0.3 is 9.47 Å². The smallest absolute Gasteiger partial charge is 0.335 e. The number of carbonyl (C=O) groups excluding carboxylic acids is 1. The summed E-state index contributed by atoms with van der Waals surface area (Å²) in [6.45, 7) is 12.0. The fraction of sp³-hybridized carbons (Fsp3) is 0.727. The summed E-state index contributed by atoms with van der Waals surface area (Å²) in [4.78, 5) is 11.1. The first-order valence-corrected chi connectivity index (χ1v) is 4.91. The van der Waals surface area contributed by atoms with E-state index in [0.29, 0.717) is 12.2 Å². The van der Waals surface area contributed by atoms with Crippen LogP contribution in [0.1, 0.15) is 34.1 Å². The Kier molecular flexibility index (Phi) is 5.46. The van der Waals surface area contributed by atoms with Crippen molar-refractivity contribution in [1.82, 2.24) is 0 Å². The molecule has 0 heterocycles. The minimum absolute atomic E-state index is 0.213. The number of carbonyl (C=O) groups is 1. The Morgan fingerprint density at radius 1 is 1.36 bits per heavy atom. The van der Waals surface area contributed by atoms with Crippen LogP contribution in [0.2, 0.25) is 0 Å². The Labute approximate surface area is 86.1 Å². The van der Waals surface area contributed by atoms with Crippen molar-refractivity contribution in [2.24, 2.45) is 0 Å².